The Balaban J connectivity index is 1.74. The van der Waals surface area contributed by atoms with Gasteiger partial charge in [0.15, 0.2) is 11.0 Å². The van der Waals surface area contributed by atoms with Crippen molar-refractivity contribution in [2.24, 2.45) is 0 Å². The summed E-state index contributed by atoms with van der Waals surface area (Å²) in [5.74, 6) is 1.50. The van der Waals surface area contributed by atoms with Crippen LogP contribution in [0.25, 0.3) is 17.1 Å². The van der Waals surface area contributed by atoms with Gasteiger partial charge in [0.1, 0.15) is 5.15 Å². The van der Waals surface area contributed by atoms with Gasteiger partial charge in [-0.05, 0) is 42.3 Å². The van der Waals surface area contributed by atoms with Crippen molar-refractivity contribution >= 4 is 23.4 Å². The van der Waals surface area contributed by atoms with Crippen LogP contribution in [0.4, 0.5) is 0 Å². The Labute approximate surface area is 166 Å². The maximum absolute atomic E-state index is 5.87. The first-order chi connectivity index (χ1) is 13.2. The Kier molecular flexibility index (Phi) is 5.18. The Bertz CT molecular complexity index is 1050. The zero-order valence-corrected chi connectivity index (χ0v) is 16.2. The van der Waals surface area contributed by atoms with E-state index in [1.807, 2.05) is 30.3 Å². The average Bonchev–Trinajstić information content (AvgIpc) is 3.12. The van der Waals surface area contributed by atoms with E-state index in [1.165, 1.54) is 0 Å². The summed E-state index contributed by atoms with van der Waals surface area (Å²) in [4.78, 5) is 8.36. The number of pyridine rings is 2. The van der Waals surface area contributed by atoms with E-state index in [1.54, 1.807) is 36.4 Å². The van der Waals surface area contributed by atoms with Crippen molar-refractivity contribution in [3.05, 3.63) is 83.4 Å². The molecule has 3 aromatic heterocycles. The minimum atomic E-state index is 0.491. The van der Waals surface area contributed by atoms with Gasteiger partial charge >= 0.3 is 0 Å². The molecule has 134 valence electrons. The van der Waals surface area contributed by atoms with Crippen LogP contribution >= 0.6 is 23.4 Å². The fourth-order valence-corrected chi connectivity index (χ4v) is 3.71. The summed E-state index contributed by atoms with van der Waals surface area (Å²) in [6.45, 7) is 2.08. The van der Waals surface area contributed by atoms with Crippen molar-refractivity contribution in [2.45, 2.75) is 17.8 Å². The molecule has 0 bridgehead atoms. The van der Waals surface area contributed by atoms with E-state index in [0.717, 1.165) is 39.1 Å². The summed E-state index contributed by atoms with van der Waals surface area (Å²) in [5.41, 5.74) is 4.20. The number of hydrogen-bond donors (Lipinski definition) is 0. The normalized spacial score (nSPS) is 10.9. The SMILES string of the molecule is Cc1ccccc1-n1c(SCc2ccc(Cl)nc2)nnc1-c1cccnc1. The number of aryl methyl sites for hydroxylation is 1. The molecule has 0 aliphatic rings. The number of para-hydroxylation sites is 1. The largest absolute Gasteiger partial charge is 0.270 e. The number of aromatic nitrogens is 5. The Morgan fingerprint density at radius 3 is 2.63 bits per heavy atom. The van der Waals surface area contributed by atoms with Crippen LogP contribution in [0, 0.1) is 6.92 Å². The second kappa shape index (κ2) is 7.90. The third kappa shape index (κ3) is 3.86. The summed E-state index contributed by atoms with van der Waals surface area (Å²) >= 11 is 7.48. The summed E-state index contributed by atoms with van der Waals surface area (Å²) in [7, 11) is 0. The molecule has 0 fully saturated rings. The predicted octanol–water partition coefficient (Wildman–Crippen LogP) is 4.98. The predicted molar refractivity (Wildman–Crippen MR) is 108 cm³/mol. The van der Waals surface area contributed by atoms with Crippen LogP contribution in [0.5, 0.6) is 0 Å². The van der Waals surface area contributed by atoms with Gasteiger partial charge in [0, 0.05) is 29.9 Å². The lowest BCUT2D eigenvalue weighted by Crippen LogP contribution is -2.02. The van der Waals surface area contributed by atoms with E-state index in [0.29, 0.717) is 5.15 Å². The monoisotopic (exact) mass is 393 g/mol. The molecule has 7 heteroatoms. The highest BCUT2D eigenvalue weighted by molar-refractivity contribution is 7.98. The first kappa shape index (κ1) is 17.7. The molecule has 4 aromatic rings. The lowest BCUT2D eigenvalue weighted by Gasteiger charge is -2.12. The van der Waals surface area contributed by atoms with Crippen LogP contribution in [0.15, 0.2) is 72.3 Å². The van der Waals surface area contributed by atoms with E-state index in [2.05, 4.69) is 43.8 Å². The molecule has 0 spiro atoms. The van der Waals surface area contributed by atoms with Gasteiger partial charge in [-0.3, -0.25) is 9.55 Å². The van der Waals surface area contributed by atoms with Crippen LogP contribution in [-0.2, 0) is 5.75 Å². The van der Waals surface area contributed by atoms with Crippen molar-refractivity contribution in [1.82, 2.24) is 24.7 Å². The van der Waals surface area contributed by atoms with Crippen LogP contribution in [-0.4, -0.2) is 24.7 Å². The lowest BCUT2D eigenvalue weighted by molar-refractivity contribution is 0.880. The van der Waals surface area contributed by atoms with Gasteiger partial charge in [-0.15, -0.1) is 10.2 Å². The molecule has 0 unspecified atom stereocenters. The molecule has 0 amide bonds. The standard InChI is InChI=1S/C20H16ClN5S/c1-14-5-2-3-7-17(14)26-19(16-6-4-10-22-12-16)24-25-20(26)27-13-15-8-9-18(21)23-11-15/h2-12H,13H2,1H3. The second-order valence-corrected chi connectivity index (χ2v) is 7.28. The van der Waals surface area contributed by atoms with Gasteiger partial charge in [-0.25, -0.2) is 4.98 Å². The van der Waals surface area contributed by atoms with Crippen molar-refractivity contribution in [1.29, 1.82) is 0 Å². The maximum Gasteiger partial charge on any atom is 0.196 e. The number of nitrogens with zero attached hydrogens (tertiary/aromatic N) is 5. The Hall–Kier alpha value is -2.70. The number of hydrogen-bond acceptors (Lipinski definition) is 5. The molecule has 0 aliphatic carbocycles. The highest BCUT2D eigenvalue weighted by atomic mass is 35.5. The van der Waals surface area contributed by atoms with Crippen LogP contribution in [0.1, 0.15) is 11.1 Å². The summed E-state index contributed by atoms with van der Waals surface area (Å²) in [6.07, 6.45) is 5.34. The molecule has 5 nitrogen and oxygen atoms in total. The highest BCUT2D eigenvalue weighted by Crippen LogP contribution is 2.30. The van der Waals surface area contributed by atoms with Gasteiger partial charge in [0.25, 0.3) is 0 Å². The Morgan fingerprint density at radius 1 is 1.00 bits per heavy atom. The van der Waals surface area contributed by atoms with Crippen molar-refractivity contribution in [3.8, 4) is 17.1 Å². The van der Waals surface area contributed by atoms with Gasteiger partial charge < -0.3 is 0 Å². The van der Waals surface area contributed by atoms with Crippen molar-refractivity contribution in [2.75, 3.05) is 0 Å². The third-order valence-corrected chi connectivity index (χ3v) is 5.29. The van der Waals surface area contributed by atoms with Crippen molar-refractivity contribution < 1.29 is 0 Å². The summed E-state index contributed by atoms with van der Waals surface area (Å²) < 4.78 is 2.08. The number of benzene rings is 1. The number of thioether (sulfide) groups is 1. The average molecular weight is 394 g/mol. The van der Waals surface area contributed by atoms with E-state index >= 15 is 0 Å². The van der Waals surface area contributed by atoms with Gasteiger partial charge in [-0.1, -0.05) is 47.6 Å². The molecule has 0 radical (unpaired) electrons. The smallest absolute Gasteiger partial charge is 0.196 e. The third-order valence-electron chi connectivity index (χ3n) is 4.07. The van der Waals surface area contributed by atoms with Gasteiger partial charge in [0.2, 0.25) is 0 Å². The second-order valence-electron chi connectivity index (χ2n) is 5.95. The van der Waals surface area contributed by atoms with E-state index < -0.39 is 0 Å². The molecular formula is C20H16ClN5S. The minimum Gasteiger partial charge on any atom is -0.270 e. The van der Waals surface area contributed by atoms with Crippen LogP contribution in [0.2, 0.25) is 5.15 Å². The molecule has 0 aliphatic heterocycles. The number of rotatable bonds is 5. The van der Waals surface area contributed by atoms with Crippen LogP contribution < -0.4 is 0 Å². The minimum absolute atomic E-state index is 0.491. The van der Waals surface area contributed by atoms with Gasteiger partial charge in [-0.2, -0.15) is 0 Å². The fourth-order valence-electron chi connectivity index (χ4n) is 2.72. The summed E-state index contributed by atoms with van der Waals surface area (Å²) in [5, 5.41) is 10.2. The topological polar surface area (TPSA) is 56.5 Å². The van der Waals surface area contributed by atoms with Gasteiger partial charge in [0.05, 0.1) is 5.69 Å². The van der Waals surface area contributed by atoms with Crippen LogP contribution in [0.3, 0.4) is 0 Å². The maximum atomic E-state index is 5.87. The molecule has 3 heterocycles. The molecule has 4 rings (SSSR count). The number of halogens is 1. The van der Waals surface area contributed by atoms with E-state index in [-0.39, 0.29) is 0 Å². The van der Waals surface area contributed by atoms with Crippen molar-refractivity contribution in [3.63, 3.8) is 0 Å². The lowest BCUT2D eigenvalue weighted by atomic mass is 10.2. The van der Waals surface area contributed by atoms with E-state index in [9.17, 15) is 0 Å². The zero-order chi connectivity index (χ0) is 18.6. The molecule has 27 heavy (non-hydrogen) atoms. The summed E-state index contributed by atoms with van der Waals surface area (Å²) in [6, 6.07) is 15.9. The zero-order valence-electron chi connectivity index (χ0n) is 14.6. The molecule has 1 aromatic carbocycles. The molecular weight excluding hydrogens is 378 g/mol. The van der Waals surface area contributed by atoms with E-state index in [4.69, 9.17) is 11.6 Å². The fraction of sp³-hybridized carbons (Fsp3) is 0.100. The Morgan fingerprint density at radius 2 is 1.89 bits per heavy atom. The quantitative estimate of drug-likeness (QED) is 0.353. The molecule has 0 saturated carbocycles. The first-order valence-corrected chi connectivity index (χ1v) is 9.74. The molecule has 0 N–H and O–H groups in total. The molecule has 0 atom stereocenters. The first-order valence-electron chi connectivity index (χ1n) is 8.37. The molecule has 0 saturated heterocycles. The highest BCUT2D eigenvalue weighted by Gasteiger charge is 2.17.